The monoisotopic (exact) mass is 512 g/mol. The van der Waals surface area contributed by atoms with E-state index in [1.807, 2.05) is 18.2 Å². The molecule has 0 aliphatic carbocycles. The highest BCUT2D eigenvalue weighted by atomic mass is 28.4. The molecule has 0 saturated carbocycles. The molecule has 0 amide bonds. The zero-order chi connectivity index (χ0) is 26.4. The van der Waals surface area contributed by atoms with Crippen molar-refractivity contribution >= 4 is 18.7 Å². The minimum atomic E-state index is -2.76. The van der Waals surface area contributed by atoms with Crippen LogP contribution in [0, 0.1) is 5.92 Å². The van der Waals surface area contributed by atoms with E-state index in [9.17, 15) is 5.11 Å². The molecule has 6 heteroatoms. The van der Waals surface area contributed by atoms with Crippen molar-refractivity contribution in [1.82, 2.24) is 0 Å². The van der Waals surface area contributed by atoms with Crippen molar-refractivity contribution in [2.24, 2.45) is 5.92 Å². The van der Waals surface area contributed by atoms with E-state index < -0.39 is 14.4 Å². The molecule has 0 radical (unpaired) electrons. The van der Waals surface area contributed by atoms with Crippen LogP contribution in [-0.4, -0.2) is 59.4 Å². The first-order valence-corrected chi connectivity index (χ1v) is 14.6. The first-order chi connectivity index (χ1) is 17.3. The second-order valence-electron chi connectivity index (χ2n) is 9.98. The fraction of sp³-hybridized carbons (Fsp3) is 0.467. The summed E-state index contributed by atoms with van der Waals surface area (Å²) in [4.78, 5) is 0. The molecule has 36 heavy (non-hydrogen) atoms. The van der Waals surface area contributed by atoms with Crippen LogP contribution in [0.15, 0.2) is 86.0 Å². The summed E-state index contributed by atoms with van der Waals surface area (Å²) in [6.45, 7) is 15.9. The van der Waals surface area contributed by atoms with Crippen LogP contribution in [0.25, 0.3) is 0 Å². The van der Waals surface area contributed by atoms with Crippen LogP contribution >= 0.6 is 0 Å². The highest BCUT2D eigenvalue weighted by molar-refractivity contribution is 6.99. The maximum absolute atomic E-state index is 11.2. The number of aliphatic hydroxyl groups excluding tert-OH is 1. The highest BCUT2D eigenvalue weighted by Gasteiger charge is 2.50. The lowest BCUT2D eigenvalue weighted by atomic mass is 9.92. The van der Waals surface area contributed by atoms with Crippen molar-refractivity contribution in [2.75, 3.05) is 33.7 Å². The van der Waals surface area contributed by atoms with Gasteiger partial charge in [-0.25, -0.2) is 0 Å². The van der Waals surface area contributed by atoms with E-state index in [1.165, 1.54) is 10.4 Å². The van der Waals surface area contributed by atoms with Crippen LogP contribution in [-0.2, 0) is 18.6 Å². The quantitative estimate of drug-likeness (QED) is 0.144. The number of rotatable bonds is 17. The van der Waals surface area contributed by atoms with Gasteiger partial charge in [0.05, 0.1) is 25.4 Å². The van der Waals surface area contributed by atoms with Gasteiger partial charge in [-0.2, -0.15) is 0 Å². The minimum absolute atomic E-state index is 0.110. The molecular weight excluding hydrogens is 468 g/mol. The van der Waals surface area contributed by atoms with E-state index in [1.54, 1.807) is 13.2 Å². The van der Waals surface area contributed by atoms with Gasteiger partial charge in [-0.3, -0.25) is 0 Å². The summed E-state index contributed by atoms with van der Waals surface area (Å²) in [7, 11) is -1.13. The molecule has 0 aliphatic heterocycles. The van der Waals surface area contributed by atoms with Crippen LogP contribution in [0.2, 0.25) is 5.04 Å². The Morgan fingerprint density at radius 3 is 1.92 bits per heavy atom. The lowest BCUT2D eigenvalue weighted by molar-refractivity contribution is -0.131. The van der Waals surface area contributed by atoms with Gasteiger partial charge in [-0.1, -0.05) is 93.6 Å². The smallest absolute Gasteiger partial charge is 0.261 e. The van der Waals surface area contributed by atoms with Crippen molar-refractivity contribution in [3.63, 3.8) is 0 Å². The molecule has 0 unspecified atom stereocenters. The third-order valence-corrected chi connectivity index (χ3v) is 11.5. The number of hydrogen-bond acceptors (Lipinski definition) is 5. The van der Waals surface area contributed by atoms with Crippen molar-refractivity contribution in [3.05, 3.63) is 86.0 Å². The van der Waals surface area contributed by atoms with Crippen molar-refractivity contribution in [3.8, 4) is 0 Å². The molecule has 0 aromatic heterocycles. The van der Waals surface area contributed by atoms with Crippen molar-refractivity contribution in [1.29, 1.82) is 0 Å². The first kappa shape index (κ1) is 30.2. The first-order valence-electron chi connectivity index (χ1n) is 12.6. The summed E-state index contributed by atoms with van der Waals surface area (Å²) >= 11 is 0. The molecule has 198 valence electrons. The molecule has 0 fully saturated rings. The van der Waals surface area contributed by atoms with Gasteiger partial charge in [0.25, 0.3) is 8.32 Å². The fourth-order valence-electron chi connectivity index (χ4n) is 4.66. The average Bonchev–Trinajstić information content (AvgIpc) is 2.86. The van der Waals surface area contributed by atoms with Gasteiger partial charge in [0.1, 0.15) is 6.79 Å². The lowest BCUT2D eigenvalue weighted by Crippen LogP contribution is -2.67. The van der Waals surface area contributed by atoms with E-state index in [2.05, 4.69) is 82.5 Å². The minimum Gasteiger partial charge on any atom is -0.407 e. The van der Waals surface area contributed by atoms with Gasteiger partial charge in [-0.15, -0.1) is 13.2 Å². The van der Waals surface area contributed by atoms with Gasteiger partial charge < -0.3 is 23.7 Å². The number of ether oxygens (including phenoxy) is 3. The second-order valence-corrected chi connectivity index (χ2v) is 14.3. The predicted molar refractivity (Wildman–Crippen MR) is 150 cm³/mol. The van der Waals surface area contributed by atoms with Crippen LogP contribution in [0.1, 0.15) is 33.6 Å². The molecule has 1 N–H and O–H groups in total. The molecule has 2 rings (SSSR count). The molecule has 0 spiro atoms. The summed E-state index contributed by atoms with van der Waals surface area (Å²) in [6.07, 6.45) is 3.56. The van der Waals surface area contributed by atoms with Gasteiger partial charge in [0.2, 0.25) is 0 Å². The van der Waals surface area contributed by atoms with Crippen LogP contribution in [0.5, 0.6) is 0 Å². The normalized spacial score (nSPS) is 14.7. The van der Waals surface area contributed by atoms with E-state index >= 15 is 0 Å². The summed E-state index contributed by atoms with van der Waals surface area (Å²) < 4.78 is 23.9. The Bertz CT molecular complexity index is 842. The topological polar surface area (TPSA) is 57.2 Å². The Hall–Kier alpha value is -2.06. The third kappa shape index (κ3) is 7.97. The maximum atomic E-state index is 11.2. The summed E-state index contributed by atoms with van der Waals surface area (Å²) in [5.41, 5.74) is 0. The number of hydrogen-bond donors (Lipinski definition) is 1. The Morgan fingerprint density at radius 2 is 1.44 bits per heavy atom. The maximum Gasteiger partial charge on any atom is 0.261 e. The molecule has 0 bridgehead atoms. The van der Waals surface area contributed by atoms with Crippen molar-refractivity contribution < 1.29 is 23.7 Å². The molecule has 0 aliphatic rings. The molecule has 2 aromatic rings. The van der Waals surface area contributed by atoms with E-state index in [-0.39, 0.29) is 23.9 Å². The Labute approximate surface area is 218 Å². The largest absolute Gasteiger partial charge is 0.407 e. The van der Waals surface area contributed by atoms with Gasteiger partial charge in [0.15, 0.2) is 0 Å². The predicted octanol–water partition coefficient (Wildman–Crippen LogP) is 4.70. The standard InChI is InChI=1S/C30H44O5Si/c1-7-15-28(31)27(29(16-8-2)34-24-33-22-21-32-6)23-35-36(30(3,4)5,25-17-11-9-12-18-25)26-19-13-10-14-20-26/h7-14,17-20,27-29,31H,1-2,15-16,21-24H2,3-6H3/t27-,28-,29-/m1/s1. The summed E-state index contributed by atoms with van der Waals surface area (Å²) in [6, 6.07) is 21.0. The zero-order valence-corrected chi connectivity index (χ0v) is 23.4. The SMILES string of the molecule is C=CC[C@@H](O)[C@@H](CO[Si](c1ccccc1)(c1ccccc1)C(C)(C)C)[C@@H](CC=C)OCOCCOC. The molecule has 5 nitrogen and oxygen atoms in total. The summed E-state index contributed by atoms with van der Waals surface area (Å²) in [5.74, 6) is -0.298. The zero-order valence-electron chi connectivity index (χ0n) is 22.4. The average molecular weight is 513 g/mol. The van der Waals surface area contributed by atoms with E-state index in [0.29, 0.717) is 32.7 Å². The van der Waals surface area contributed by atoms with Crippen LogP contribution in [0.4, 0.5) is 0 Å². The van der Waals surface area contributed by atoms with E-state index in [0.717, 1.165) is 0 Å². The Kier molecular flexibility index (Phi) is 12.8. The summed E-state index contributed by atoms with van der Waals surface area (Å²) in [5, 5.41) is 13.4. The molecule has 2 aromatic carbocycles. The lowest BCUT2D eigenvalue weighted by Gasteiger charge is -2.44. The molecule has 3 atom stereocenters. The highest BCUT2D eigenvalue weighted by Crippen LogP contribution is 2.37. The van der Waals surface area contributed by atoms with Crippen LogP contribution in [0.3, 0.4) is 0 Å². The second kappa shape index (κ2) is 15.2. The number of aliphatic hydroxyl groups is 1. The van der Waals surface area contributed by atoms with Gasteiger partial charge in [-0.05, 0) is 28.3 Å². The van der Waals surface area contributed by atoms with Gasteiger partial charge >= 0.3 is 0 Å². The number of methoxy groups -OCH3 is 1. The fourth-order valence-corrected chi connectivity index (χ4v) is 9.26. The molecule has 0 saturated heterocycles. The molecule has 0 heterocycles. The Morgan fingerprint density at radius 1 is 0.889 bits per heavy atom. The van der Waals surface area contributed by atoms with Crippen molar-refractivity contribution in [2.45, 2.75) is 50.9 Å². The molecular formula is C30H44O5Si. The third-order valence-electron chi connectivity index (χ3n) is 6.49. The number of benzene rings is 2. The van der Waals surface area contributed by atoms with Gasteiger partial charge in [0, 0.05) is 19.6 Å². The Balaban J connectivity index is 2.44. The van der Waals surface area contributed by atoms with E-state index in [4.69, 9.17) is 18.6 Å². The van der Waals surface area contributed by atoms with Crippen LogP contribution < -0.4 is 10.4 Å².